The number of β-amino-alcohol motifs (C(OH)–C–C–N with tert-alkyl or cyclic N) is 2. The van der Waals surface area contributed by atoms with E-state index in [-0.39, 0.29) is 19.0 Å². The van der Waals surface area contributed by atoms with Crippen LogP contribution in [0, 0.1) is 11.8 Å². The molecule has 0 spiro atoms. The first-order valence-electron chi connectivity index (χ1n) is 6.03. The number of aliphatic carboxylic acids is 1. The summed E-state index contributed by atoms with van der Waals surface area (Å²) >= 11 is 0. The van der Waals surface area contributed by atoms with Gasteiger partial charge in [-0.25, -0.2) is 0 Å². The molecule has 0 aromatic heterocycles. The third kappa shape index (κ3) is 2.39. The number of amides is 1. The lowest BCUT2D eigenvalue weighted by molar-refractivity contribution is -0.150. The van der Waals surface area contributed by atoms with Crippen molar-refractivity contribution in [2.24, 2.45) is 11.8 Å². The maximum atomic E-state index is 12.2. The van der Waals surface area contributed by atoms with Crippen LogP contribution in [0.2, 0.25) is 0 Å². The quantitative estimate of drug-likeness (QED) is 0.562. The molecule has 1 aliphatic carbocycles. The normalized spacial score (nSPS) is 35.8. The van der Waals surface area contributed by atoms with Gasteiger partial charge in [-0.2, -0.15) is 0 Å². The van der Waals surface area contributed by atoms with E-state index in [0.717, 1.165) is 0 Å². The number of carboxylic acid groups (broad SMARTS) is 1. The zero-order chi connectivity index (χ0) is 13.3. The van der Waals surface area contributed by atoms with Gasteiger partial charge >= 0.3 is 5.97 Å². The van der Waals surface area contributed by atoms with Crippen LogP contribution in [0.15, 0.2) is 12.2 Å². The SMILES string of the molecule is O=C(O)C1CC=CCC1C(=O)N1C[C@@H](O)[C@@H](O)C1. The van der Waals surface area contributed by atoms with Gasteiger partial charge in [0.15, 0.2) is 0 Å². The van der Waals surface area contributed by atoms with E-state index in [4.69, 9.17) is 5.11 Å². The molecular formula is C12H17NO5. The molecule has 0 saturated carbocycles. The van der Waals surface area contributed by atoms with Crippen LogP contribution in [-0.4, -0.2) is 57.4 Å². The van der Waals surface area contributed by atoms with Crippen LogP contribution in [0.4, 0.5) is 0 Å². The highest BCUT2D eigenvalue weighted by molar-refractivity contribution is 5.85. The number of carboxylic acids is 1. The van der Waals surface area contributed by atoms with Crippen molar-refractivity contribution in [3.8, 4) is 0 Å². The molecule has 100 valence electrons. The molecule has 0 aromatic rings. The fourth-order valence-electron chi connectivity index (χ4n) is 2.54. The van der Waals surface area contributed by atoms with Crippen molar-refractivity contribution in [2.75, 3.05) is 13.1 Å². The topological polar surface area (TPSA) is 98.1 Å². The molecule has 2 rings (SSSR count). The zero-order valence-electron chi connectivity index (χ0n) is 9.90. The van der Waals surface area contributed by atoms with Crippen molar-refractivity contribution in [1.29, 1.82) is 0 Å². The summed E-state index contributed by atoms with van der Waals surface area (Å²) in [6.45, 7) is 0.152. The lowest BCUT2D eigenvalue weighted by atomic mass is 9.82. The number of rotatable bonds is 2. The minimum Gasteiger partial charge on any atom is -0.481 e. The van der Waals surface area contributed by atoms with Crippen LogP contribution in [0.1, 0.15) is 12.8 Å². The van der Waals surface area contributed by atoms with Gasteiger partial charge in [-0.3, -0.25) is 9.59 Å². The number of hydrogen-bond donors (Lipinski definition) is 3. The Labute approximate surface area is 105 Å². The van der Waals surface area contributed by atoms with Gasteiger partial charge in [-0.15, -0.1) is 0 Å². The van der Waals surface area contributed by atoms with E-state index in [1.54, 1.807) is 6.08 Å². The predicted molar refractivity (Wildman–Crippen MR) is 61.6 cm³/mol. The number of nitrogens with zero attached hydrogens (tertiary/aromatic N) is 1. The maximum Gasteiger partial charge on any atom is 0.307 e. The van der Waals surface area contributed by atoms with Gasteiger partial charge in [-0.05, 0) is 12.8 Å². The Hall–Kier alpha value is -1.40. The summed E-state index contributed by atoms with van der Waals surface area (Å²) in [7, 11) is 0. The summed E-state index contributed by atoms with van der Waals surface area (Å²) in [5, 5.41) is 27.9. The van der Waals surface area contributed by atoms with E-state index in [1.165, 1.54) is 4.90 Å². The molecule has 1 fully saturated rings. The minimum absolute atomic E-state index is 0.0759. The molecule has 6 nitrogen and oxygen atoms in total. The molecule has 0 radical (unpaired) electrons. The van der Waals surface area contributed by atoms with Crippen molar-refractivity contribution in [2.45, 2.75) is 25.0 Å². The van der Waals surface area contributed by atoms with Gasteiger partial charge in [0.25, 0.3) is 0 Å². The fourth-order valence-corrected chi connectivity index (χ4v) is 2.54. The summed E-state index contributed by atoms with van der Waals surface area (Å²) in [5.74, 6) is -2.57. The third-order valence-electron chi connectivity index (χ3n) is 3.64. The van der Waals surface area contributed by atoms with Crippen LogP contribution in [-0.2, 0) is 9.59 Å². The fraction of sp³-hybridized carbons (Fsp3) is 0.667. The van der Waals surface area contributed by atoms with Gasteiger partial charge < -0.3 is 20.2 Å². The van der Waals surface area contributed by atoms with Crippen LogP contribution in [0.3, 0.4) is 0 Å². The Morgan fingerprint density at radius 2 is 1.50 bits per heavy atom. The molecule has 1 heterocycles. The molecule has 0 aromatic carbocycles. The lowest BCUT2D eigenvalue weighted by Crippen LogP contribution is -2.41. The number of allylic oxidation sites excluding steroid dienone is 2. The van der Waals surface area contributed by atoms with Gasteiger partial charge in [0.1, 0.15) is 0 Å². The Morgan fingerprint density at radius 3 is 2.00 bits per heavy atom. The number of hydrogen-bond acceptors (Lipinski definition) is 4. The number of carbonyl (C=O) groups is 2. The van der Waals surface area contributed by atoms with E-state index >= 15 is 0 Å². The smallest absolute Gasteiger partial charge is 0.307 e. The first kappa shape index (κ1) is 13.0. The van der Waals surface area contributed by atoms with Crippen LogP contribution in [0.25, 0.3) is 0 Å². The second-order valence-electron chi connectivity index (χ2n) is 4.87. The Bertz CT molecular complexity index is 371. The monoisotopic (exact) mass is 255 g/mol. The lowest BCUT2D eigenvalue weighted by Gasteiger charge is -2.28. The minimum atomic E-state index is -0.974. The Balaban J connectivity index is 2.08. The molecule has 2 aliphatic rings. The Morgan fingerprint density at radius 1 is 1.00 bits per heavy atom. The maximum absolute atomic E-state index is 12.2. The van der Waals surface area contributed by atoms with E-state index in [0.29, 0.717) is 12.8 Å². The van der Waals surface area contributed by atoms with Crippen molar-refractivity contribution in [3.05, 3.63) is 12.2 Å². The average Bonchev–Trinajstić information content (AvgIpc) is 2.68. The van der Waals surface area contributed by atoms with Crippen molar-refractivity contribution in [3.63, 3.8) is 0 Å². The average molecular weight is 255 g/mol. The molecule has 2 unspecified atom stereocenters. The van der Waals surface area contributed by atoms with E-state index in [9.17, 15) is 19.8 Å². The first-order valence-corrected chi connectivity index (χ1v) is 6.03. The highest BCUT2D eigenvalue weighted by Gasteiger charge is 2.40. The van der Waals surface area contributed by atoms with Crippen molar-refractivity contribution in [1.82, 2.24) is 4.90 Å². The predicted octanol–water partition coefficient (Wildman–Crippen LogP) is -0.783. The number of likely N-dealkylation sites (tertiary alicyclic amines) is 1. The second kappa shape index (κ2) is 5.07. The summed E-state index contributed by atoms with van der Waals surface area (Å²) < 4.78 is 0. The Kier molecular flexibility index (Phi) is 3.68. The highest BCUT2D eigenvalue weighted by atomic mass is 16.4. The number of aliphatic hydroxyl groups is 2. The molecule has 3 N–H and O–H groups in total. The molecule has 4 atom stereocenters. The second-order valence-corrected chi connectivity index (χ2v) is 4.87. The van der Waals surface area contributed by atoms with E-state index in [1.807, 2.05) is 6.08 Å². The van der Waals surface area contributed by atoms with Gasteiger partial charge in [0.05, 0.1) is 24.0 Å². The molecule has 1 saturated heterocycles. The number of carbonyl (C=O) groups excluding carboxylic acids is 1. The van der Waals surface area contributed by atoms with E-state index < -0.39 is 30.0 Å². The first-order chi connectivity index (χ1) is 8.50. The zero-order valence-corrected chi connectivity index (χ0v) is 9.90. The number of aliphatic hydroxyl groups excluding tert-OH is 2. The summed E-state index contributed by atoms with van der Waals surface area (Å²) in [6.07, 6.45) is 2.47. The van der Waals surface area contributed by atoms with Crippen molar-refractivity contribution < 1.29 is 24.9 Å². The third-order valence-corrected chi connectivity index (χ3v) is 3.64. The summed E-state index contributed by atoms with van der Waals surface area (Å²) in [4.78, 5) is 24.7. The molecule has 18 heavy (non-hydrogen) atoms. The molecule has 0 bridgehead atoms. The summed E-state index contributed by atoms with van der Waals surface area (Å²) in [5.41, 5.74) is 0. The van der Waals surface area contributed by atoms with Gasteiger partial charge in [0.2, 0.25) is 5.91 Å². The molecular weight excluding hydrogens is 238 g/mol. The highest BCUT2D eigenvalue weighted by Crippen LogP contribution is 2.28. The van der Waals surface area contributed by atoms with E-state index in [2.05, 4.69) is 0 Å². The van der Waals surface area contributed by atoms with Crippen molar-refractivity contribution >= 4 is 11.9 Å². The largest absolute Gasteiger partial charge is 0.481 e. The summed E-state index contributed by atoms with van der Waals surface area (Å²) in [6, 6.07) is 0. The molecule has 1 amide bonds. The van der Waals surface area contributed by atoms with Crippen LogP contribution >= 0.6 is 0 Å². The molecule has 1 aliphatic heterocycles. The standard InChI is InChI=1S/C12H17NO5/c14-9-5-13(6-10(9)15)11(16)7-3-1-2-4-8(7)12(17)18/h1-2,7-10,14-15H,3-6H2,(H,17,18)/t7?,8?,9-,10+. The van der Waals surface area contributed by atoms with Gasteiger partial charge in [-0.1, -0.05) is 12.2 Å². The van der Waals surface area contributed by atoms with Crippen LogP contribution in [0.5, 0.6) is 0 Å². The molecule has 6 heteroatoms. The van der Waals surface area contributed by atoms with Crippen LogP contribution < -0.4 is 0 Å². The van der Waals surface area contributed by atoms with Gasteiger partial charge in [0, 0.05) is 13.1 Å².